The van der Waals surface area contributed by atoms with Gasteiger partial charge in [0.25, 0.3) is 0 Å². The number of hydrogen-bond acceptors (Lipinski definition) is 3. The number of aliphatic imine (C=N–C) groups is 1. The molecule has 0 spiro atoms. The Morgan fingerprint density at radius 2 is 1.74 bits per heavy atom. The highest BCUT2D eigenvalue weighted by Crippen LogP contribution is 2.23. The topological polar surface area (TPSA) is 44.7 Å². The normalized spacial score (nSPS) is 15.4. The van der Waals surface area contributed by atoms with Gasteiger partial charge < -0.3 is 10.2 Å². The Kier molecular flexibility index (Phi) is 21.8. The summed E-state index contributed by atoms with van der Waals surface area (Å²) in [5.74, 6) is 0.881. The predicted molar refractivity (Wildman–Crippen MR) is 177 cm³/mol. The molecule has 0 aromatic heterocycles. The molecule has 1 saturated heterocycles. The van der Waals surface area contributed by atoms with Crippen molar-refractivity contribution in [2.24, 2.45) is 10.9 Å². The van der Waals surface area contributed by atoms with Gasteiger partial charge >= 0.3 is 0 Å². The summed E-state index contributed by atoms with van der Waals surface area (Å²) in [6.07, 6.45) is 13.0. The van der Waals surface area contributed by atoms with E-state index < -0.39 is 0 Å². The number of piperidine rings is 1. The van der Waals surface area contributed by atoms with Gasteiger partial charge in [-0.25, -0.2) is 0 Å². The maximum absolute atomic E-state index is 10.7. The number of nitrogens with zero attached hydrogens (tertiary/aromatic N) is 2. The minimum atomic E-state index is 0.230. The third kappa shape index (κ3) is 14.9. The van der Waals surface area contributed by atoms with Crippen LogP contribution in [0.15, 0.2) is 90.6 Å². The van der Waals surface area contributed by atoms with E-state index in [1.165, 1.54) is 6.42 Å². The van der Waals surface area contributed by atoms with Crippen LogP contribution in [0.1, 0.15) is 85.8 Å². The zero-order valence-corrected chi connectivity index (χ0v) is 26.5. The average Bonchev–Trinajstić information content (AvgIpc) is 2.94. The van der Waals surface area contributed by atoms with E-state index in [1.807, 2.05) is 110 Å². The molecule has 39 heavy (non-hydrogen) atoms. The largest absolute Gasteiger partial charge is 0.383 e. The lowest BCUT2D eigenvalue weighted by Gasteiger charge is -2.19. The van der Waals surface area contributed by atoms with Gasteiger partial charge in [0.15, 0.2) is 0 Å². The van der Waals surface area contributed by atoms with E-state index in [0.29, 0.717) is 5.92 Å². The molecule has 1 aliphatic heterocycles. The Morgan fingerprint density at radius 3 is 2.21 bits per heavy atom. The Balaban J connectivity index is 0. The van der Waals surface area contributed by atoms with Gasteiger partial charge in [0.05, 0.1) is 5.70 Å². The fraction of sp³-hybridized carbons (Fsp3) is 0.429. The zero-order valence-electron chi connectivity index (χ0n) is 26.5. The molecule has 1 aromatic rings. The van der Waals surface area contributed by atoms with Crippen LogP contribution in [-0.2, 0) is 4.79 Å². The zero-order chi connectivity index (χ0) is 30.4. The maximum atomic E-state index is 10.7. The number of benzene rings is 1. The van der Waals surface area contributed by atoms with E-state index in [4.69, 9.17) is 4.99 Å². The summed E-state index contributed by atoms with van der Waals surface area (Å²) in [5.41, 5.74) is 6.73. The van der Waals surface area contributed by atoms with Gasteiger partial charge in [-0.2, -0.15) is 0 Å². The number of rotatable bonds is 9. The molecule has 0 radical (unpaired) electrons. The Bertz CT molecular complexity index is 1020. The molecule has 1 unspecified atom stereocenters. The molecule has 1 amide bonds. The smallest absolute Gasteiger partial charge is 0.220 e. The highest BCUT2D eigenvalue weighted by Gasteiger charge is 2.16. The number of carbonyl (C=O) groups excluding carboxylic acids is 1. The molecule has 0 bridgehead atoms. The first kappa shape index (κ1) is 37.8. The van der Waals surface area contributed by atoms with Gasteiger partial charge in [-0.05, 0) is 61.5 Å². The third-order valence-corrected chi connectivity index (χ3v) is 5.77. The standard InChI is InChI=1S/C24H30N2.C7H13NO.2C2H6/c1-9-13-18(4)24(11-3)20(6)25-19(5)22-14-12-15-23(16-22)21(10-2)17-26(7)8;1-2-6-3-4-8-7(9)5-6;2*1-2/h9-17H,2,4-5H2,1,3,6-8H3;6H,2-5H2,1H3,(H,8,9);2*1-2H3/b13-9-,21-17+,24-11-,25-20?;;;. The molecule has 1 atom stereocenters. The lowest BCUT2D eigenvalue weighted by atomic mass is 9.95. The molecule has 0 saturated carbocycles. The first-order valence-corrected chi connectivity index (χ1v) is 14.3. The van der Waals surface area contributed by atoms with Crippen LogP contribution in [0.5, 0.6) is 0 Å². The molecule has 216 valence electrons. The van der Waals surface area contributed by atoms with Crippen LogP contribution in [0.4, 0.5) is 0 Å². The Labute approximate surface area is 240 Å². The Hall–Kier alpha value is -3.40. The van der Waals surface area contributed by atoms with Crippen LogP contribution in [-0.4, -0.2) is 37.2 Å². The van der Waals surface area contributed by atoms with Crippen LogP contribution in [0.2, 0.25) is 0 Å². The van der Waals surface area contributed by atoms with E-state index in [9.17, 15) is 4.79 Å². The van der Waals surface area contributed by atoms with Gasteiger partial charge in [0.1, 0.15) is 0 Å². The van der Waals surface area contributed by atoms with Crippen molar-refractivity contribution in [3.63, 3.8) is 0 Å². The van der Waals surface area contributed by atoms with E-state index >= 15 is 0 Å². The van der Waals surface area contributed by atoms with E-state index in [-0.39, 0.29) is 5.91 Å². The first-order chi connectivity index (χ1) is 18.7. The molecular formula is C35H55N3O. The summed E-state index contributed by atoms with van der Waals surface area (Å²) >= 11 is 0. The number of amides is 1. The highest BCUT2D eigenvalue weighted by molar-refractivity contribution is 6.05. The summed E-state index contributed by atoms with van der Waals surface area (Å²) in [6, 6.07) is 8.19. The van der Waals surface area contributed by atoms with Gasteiger partial charge in [-0.15, -0.1) is 0 Å². The van der Waals surface area contributed by atoms with E-state index in [1.54, 1.807) is 0 Å². The van der Waals surface area contributed by atoms with Gasteiger partial charge in [-0.3, -0.25) is 9.79 Å². The molecule has 1 fully saturated rings. The minimum Gasteiger partial charge on any atom is -0.383 e. The predicted octanol–water partition coefficient (Wildman–Crippen LogP) is 9.26. The SMILES string of the molecule is C=C/C(=C\N(C)C)c1cccc(C(=C)N=C(C)/C(=C\C)C(=C)/C=C\C)c1.CC.CC.CCC1CCNC(=O)C1. The van der Waals surface area contributed by atoms with Crippen molar-refractivity contribution in [2.45, 2.75) is 74.7 Å². The number of nitrogens with one attached hydrogen (secondary N) is 1. The van der Waals surface area contributed by atoms with E-state index in [2.05, 4.69) is 44.1 Å². The van der Waals surface area contributed by atoms with Crippen molar-refractivity contribution < 1.29 is 4.79 Å². The molecule has 1 aromatic carbocycles. The Morgan fingerprint density at radius 1 is 1.13 bits per heavy atom. The van der Waals surface area contributed by atoms with Crippen LogP contribution in [0.25, 0.3) is 11.3 Å². The second-order valence-electron chi connectivity index (χ2n) is 8.82. The molecular weight excluding hydrogens is 478 g/mol. The molecule has 1 N–H and O–H groups in total. The number of allylic oxidation sites excluding steroid dienone is 7. The van der Waals surface area contributed by atoms with Gasteiger partial charge in [-0.1, -0.05) is 103 Å². The van der Waals surface area contributed by atoms with Crippen LogP contribution < -0.4 is 5.32 Å². The van der Waals surface area contributed by atoms with Crippen LogP contribution >= 0.6 is 0 Å². The fourth-order valence-electron chi connectivity index (χ4n) is 3.85. The van der Waals surface area contributed by atoms with Crippen molar-refractivity contribution in [1.82, 2.24) is 10.2 Å². The molecule has 4 nitrogen and oxygen atoms in total. The van der Waals surface area contributed by atoms with Crippen molar-refractivity contribution in [1.29, 1.82) is 0 Å². The molecule has 0 aliphatic carbocycles. The summed E-state index contributed by atoms with van der Waals surface area (Å²) in [6.45, 7) is 29.2. The quantitative estimate of drug-likeness (QED) is 0.254. The summed E-state index contributed by atoms with van der Waals surface area (Å²) in [4.78, 5) is 17.4. The summed E-state index contributed by atoms with van der Waals surface area (Å²) in [5, 5.41) is 2.81. The van der Waals surface area contributed by atoms with E-state index in [0.717, 1.165) is 58.6 Å². The first-order valence-electron chi connectivity index (χ1n) is 14.3. The molecule has 4 heteroatoms. The maximum Gasteiger partial charge on any atom is 0.220 e. The average molecular weight is 534 g/mol. The molecule has 2 rings (SSSR count). The lowest BCUT2D eigenvalue weighted by Crippen LogP contribution is -2.33. The second kappa shape index (κ2) is 22.6. The lowest BCUT2D eigenvalue weighted by molar-refractivity contribution is -0.123. The summed E-state index contributed by atoms with van der Waals surface area (Å²) in [7, 11) is 3.99. The van der Waals surface area contributed by atoms with Crippen LogP contribution in [0, 0.1) is 5.92 Å². The summed E-state index contributed by atoms with van der Waals surface area (Å²) < 4.78 is 0. The second-order valence-corrected chi connectivity index (χ2v) is 8.82. The monoisotopic (exact) mass is 533 g/mol. The van der Waals surface area contributed by atoms with Crippen molar-refractivity contribution in [3.05, 3.63) is 96.8 Å². The fourth-order valence-corrected chi connectivity index (χ4v) is 3.85. The van der Waals surface area contributed by atoms with Gasteiger partial charge in [0, 0.05) is 44.5 Å². The number of hydrogen-bond donors (Lipinski definition) is 1. The minimum absolute atomic E-state index is 0.230. The van der Waals surface area contributed by atoms with Crippen molar-refractivity contribution >= 4 is 22.9 Å². The van der Waals surface area contributed by atoms with Crippen molar-refractivity contribution in [3.8, 4) is 0 Å². The van der Waals surface area contributed by atoms with Crippen molar-refractivity contribution in [2.75, 3.05) is 20.6 Å². The van der Waals surface area contributed by atoms with Gasteiger partial charge in [0.2, 0.25) is 5.91 Å². The van der Waals surface area contributed by atoms with Crippen LogP contribution in [0.3, 0.4) is 0 Å². The molecule has 1 heterocycles. The highest BCUT2D eigenvalue weighted by atomic mass is 16.1. The molecule has 1 aliphatic rings. The third-order valence-electron chi connectivity index (χ3n) is 5.77. The number of carbonyl (C=O) groups is 1.